The van der Waals surface area contributed by atoms with Crippen molar-refractivity contribution in [1.82, 2.24) is 10.2 Å². The zero-order valence-corrected chi connectivity index (χ0v) is 10.9. The molecule has 0 atom stereocenters. The van der Waals surface area contributed by atoms with Gasteiger partial charge in [0.15, 0.2) is 5.69 Å². The quantitative estimate of drug-likeness (QED) is 0.878. The molecule has 1 N–H and O–H groups in total. The van der Waals surface area contributed by atoms with Crippen LogP contribution in [0.15, 0.2) is 40.3 Å². The van der Waals surface area contributed by atoms with Gasteiger partial charge < -0.3 is 5.11 Å². The van der Waals surface area contributed by atoms with Crippen LogP contribution in [-0.2, 0) is 6.18 Å². The molecular weight excluding hydrogens is 312 g/mol. The summed E-state index contributed by atoms with van der Waals surface area (Å²) in [6.45, 7) is 0. The van der Waals surface area contributed by atoms with Gasteiger partial charge in [0.2, 0.25) is 0 Å². The fourth-order valence-corrected chi connectivity index (χ4v) is 2.15. The molecule has 1 aromatic carbocycles. The molecular formula is C12H6F4N2O2S. The first-order valence-corrected chi connectivity index (χ1v) is 6.20. The van der Waals surface area contributed by atoms with E-state index in [2.05, 4.69) is 10.2 Å². The number of nitrogens with zero attached hydrogens (tertiary/aromatic N) is 2. The van der Waals surface area contributed by atoms with Gasteiger partial charge in [-0.15, -0.1) is 10.2 Å². The van der Waals surface area contributed by atoms with Gasteiger partial charge in [0.05, 0.1) is 10.5 Å². The number of aromatic nitrogens is 2. The van der Waals surface area contributed by atoms with E-state index in [-0.39, 0.29) is 15.5 Å². The van der Waals surface area contributed by atoms with Crippen molar-refractivity contribution in [3.8, 4) is 0 Å². The molecule has 0 spiro atoms. The minimum Gasteiger partial charge on any atom is -0.478 e. The maximum absolute atomic E-state index is 13.5. The van der Waals surface area contributed by atoms with Gasteiger partial charge in [0.25, 0.3) is 0 Å². The van der Waals surface area contributed by atoms with Crippen molar-refractivity contribution in [2.75, 3.05) is 0 Å². The predicted octanol–water partition coefficient (Wildman–Crippen LogP) is 3.48. The molecule has 0 aliphatic carbocycles. The van der Waals surface area contributed by atoms with E-state index in [9.17, 15) is 22.4 Å². The van der Waals surface area contributed by atoms with Crippen molar-refractivity contribution in [3.05, 3.63) is 47.4 Å². The molecule has 0 saturated carbocycles. The zero-order chi connectivity index (χ0) is 15.6. The fourth-order valence-electron chi connectivity index (χ4n) is 1.35. The first-order chi connectivity index (χ1) is 9.77. The minimum absolute atomic E-state index is 0.0180. The number of carboxylic acid groups (broad SMARTS) is 1. The normalized spacial score (nSPS) is 11.4. The van der Waals surface area contributed by atoms with Gasteiger partial charge in [-0.05, 0) is 30.3 Å². The smallest absolute Gasteiger partial charge is 0.435 e. The topological polar surface area (TPSA) is 63.1 Å². The molecule has 4 nitrogen and oxygen atoms in total. The Hall–Kier alpha value is -2.16. The zero-order valence-electron chi connectivity index (χ0n) is 10.1. The molecule has 0 aliphatic heterocycles. The van der Waals surface area contributed by atoms with Crippen molar-refractivity contribution < 1.29 is 27.5 Å². The summed E-state index contributed by atoms with van der Waals surface area (Å²) in [6.07, 6.45) is -4.61. The molecule has 1 aromatic heterocycles. The van der Waals surface area contributed by atoms with E-state index in [1.807, 2.05) is 0 Å². The van der Waals surface area contributed by atoms with Gasteiger partial charge >= 0.3 is 12.1 Å². The molecule has 0 amide bonds. The highest BCUT2D eigenvalue weighted by Gasteiger charge is 2.32. The van der Waals surface area contributed by atoms with E-state index in [0.717, 1.165) is 24.3 Å². The van der Waals surface area contributed by atoms with Crippen LogP contribution >= 0.6 is 11.8 Å². The van der Waals surface area contributed by atoms with Crippen LogP contribution in [0.25, 0.3) is 0 Å². The Morgan fingerprint density at radius 1 is 1.14 bits per heavy atom. The van der Waals surface area contributed by atoms with E-state index in [4.69, 9.17) is 5.11 Å². The lowest BCUT2D eigenvalue weighted by Crippen LogP contribution is -2.08. The molecule has 0 radical (unpaired) electrons. The van der Waals surface area contributed by atoms with Crippen LogP contribution in [0.1, 0.15) is 16.1 Å². The van der Waals surface area contributed by atoms with Crippen molar-refractivity contribution in [3.63, 3.8) is 0 Å². The average Bonchev–Trinajstić information content (AvgIpc) is 2.40. The van der Waals surface area contributed by atoms with Crippen molar-refractivity contribution in [2.24, 2.45) is 0 Å². The van der Waals surface area contributed by atoms with Crippen LogP contribution in [0.2, 0.25) is 0 Å². The summed E-state index contributed by atoms with van der Waals surface area (Å²) >= 11 is 0.686. The molecule has 0 unspecified atom stereocenters. The number of halogens is 4. The van der Waals surface area contributed by atoms with Crippen molar-refractivity contribution in [2.45, 2.75) is 16.1 Å². The molecule has 0 aliphatic rings. The van der Waals surface area contributed by atoms with Gasteiger partial charge in [-0.3, -0.25) is 0 Å². The molecule has 0 fully saturated rings. The third-order valence-corrected chi connectivity index (χ3v) is 3.28. The summed E-state index contributed by atoms with van der Waals surface area (Å²) in [7, 11) is 0. The number of hydrogen-bond donors (Lipinski definition) is 1. The van der Waals surface area contributed by atoms with Gasteiger partial charge in [-0.25, -0.2) is 9.18 Å². The van der Waals surface area contributed by atoms with Crippen molar-refractivity contribution >= 4 is 17.7 Å². The molecule has 21 heavy (non-hydrogen) atoms. The molecule has 2 aromatic rings. The third kappa shape index (κ3) is 3.69. The van der Waals surface area contributed by atoms with E-state index in [1.165, 1.54) is 0 Å². The SMILES string of the molecule is O=C(O)c1ccc(F)c(Sc2ccc(C(F)(F)F)nn2)c1. The van der Waals surface area contributed by atoms with Crippen LogP contribution in [0.3, 0.4) is 0 Å². The lowest BCUT2D eigenvalue weighted by Gasteiger charge is -2.06. The number of hydrogen-bond acceptors (Lipinski definition) is 4. The monoisotopic (exact) mass is 318 g/mol. The maximum Gasteiger partial charge on any atom is 0.435 e. The van der Waals surface area contributed by atoms with E-state index in [1.54, 1.807) is 0 Å². The molecule has 9 heteroatoms. The summed E-state index contributed by atoms with van der Waals surface area (Å²) in [5.41, 5.74) is -1.30. The number of aromatic carboxylic acids is 1. The summed E-state index contributed by atoms with van der Waals surface area (Å²) < 4.78 is 50.5. The maximum atomic E-state index is 13.5. The lowest BCUT2D eigenvalue weighted by atomic mass is 10.2. The van der Waals surface area contributed by atoms with E-state index >= 15 is 0 Å². The van der Waals surface area contributed by atoms with Gasteiger partial charge in [0, 0.05) is 0 Å². The molecule has 0 bridgehead atoms. The highest BCUT2D eigenvalue weighted by Crippen LogP contribution is 2.31. The largest absolute Gasteiger partial charge is 0.478 e. The highest BCUT2D eigenvalue weighted by molar-refractivity contribution is 7.99. The standard InChI is InChI=1S/C12H6F4N2O2S/c13-7-2-1-6(11(19)20)5-8(7)21-10-4-3-9(17-18-10)12(14,15)16/h1-5H,(H,19,20). The van der Waals surface area contributed by atoms with E-state index in [0.29, 0.717) is 17.8 Å². The number of carbonyl (C=O) groups is 1. The average molecular weight is 318 g/mol. The minimum atomic E-state index is -4.61. The molecule has 2 rings (SSSR count). The Morgan fingerprint density at radius 3 is 2.38 bits per heavy atom. The molecule has 1 heterocycles. The summed E-state index contributed by atoms with van der Waals surface area (Å²) in [4.78, 5) is 10.7. The second-order valence-corrected chi connectivity index (χ2v) is 4.87. The second kappa shape index (κ2) is 5.68. The Balaban J connectivity index is 2.26. The summed E-state index contributed by atoms with van der Waals surface area (Å²) in [5.74, 6) is -1.94. The Labute approximate surface area is 119 Å². The number of alkyl halides is 3. The van der Waals surface area contributed by atoms with E-state index < -0.39 is 23.7 Å². The summed E-state index contributed by atoms with van der Waals surface area (Å²) in [6, 6.07) is 4.87. The first kappa shape index (κ1) is 15.2. The van der Waals surface area contributed by atoms with Crippen LogP contribution in [0, 0.1) is 5.82 Å². The molecule has 110 valence electrons. The second-order valence-electron chi connectivity index (χ2n) is 3.81. The summed E-state index contributed by atoms with van der Waals surface area (Å²) in [5, 5.41) is 15.2. The number of rotatable bonds is 3. The Kier molecular flexibility index (Phi) is 4.12. The van der Waals surface area contributed by atoms with Crippen LogP contribution in [-0.4, -0.2) is 21.3 Å². The van der Waals surface area contributed by atoms with Crippen LogP contribution in [0.5, 0.6) is 0 Å². The fraction of sp³-hybridized carbons (Fsp3) is 0.0833. The van der Waals surface area contributed by atoms with Gasteiger partial charge in [0.1, 0.15) is 10.8 Å². The lowest BCUT2D eigenvalue weighted by molar-refractivity contribution is -0.141. The van der Waals surface area contributed by atoms with Crippen LogP contribution in [0.4, 0.5) is 17.6 Å². The number of carboxylic acids is 1. The third-order valence-electron chi connectivity index (χ3n) is 2.32. The number of benzene rings is 1. The van der Waals surface area contributed by atoms with Gasteiger partial charge in [-0.2, -0.15) is 13.2 Å². The van der Waals surface area contributed by atoms with Gasteiger partial charge in [-0.1, -0.05) is 11.8 Å². The van der Waals surface area contributed by atoms with Crippen LogP contribution < -0.4 is 0 Å². The Bertz CT molecular complexity index is 674. The Morgan fingerprint density at radius 2 is 1.86 bits per heavy atom. The van der Waals surface area contributed by atoms with Crippen molar-refractivity contribution in [1.29, 1.82) is 0 Å². The highest BCUT2D eigenvalue weighted by atomic mass is 32.2. The predicted molar refractivity (Wildman–Crippen MR) is 64.5 cm³/mol. The first-order valence-electron chi connectivity index (χ1n) is 5.39. The molecule has 0 saturated heterocycles.